The molecule has 1 atom stereocenters. The summed E-state index contributed by atoms with van der Waals surface area (Å²) in [6, 6.07) is 0. The number of hydrogen-bond donors (Lipinski definition) is 2. The first-order valence-corrected chi connectivity index (χ1v) is 13.0. The zero-order chi connectivity index (χ0) is 24.2. The fourth-order valence-electron chi connectivity index (χ4n) is 3.48. The van der Waals surface area contributed by atoms with E-state index in [9.17, 15) is 14.7 Å². The summed E-state index contributed by atoms with van der Waals surface area (Å²) < 4.78 is 5.06. The maximum absolute atomic E-state index is 11.9. The van der Waals surface area contributed by atoms with Gasteiger partial charge in [-0.1, -0.05) is 90.9 Å². The first-order valence-electron chi connectivity index (χ1n) is 13.0. The SMILES string of the molecule is CC(C)CCCCCCCCCCCCCCC(=O)NCCCOC(=O)C(C)(O)N(C)C. The first-order chi connectivity index (χ1) is 15.2. The number of amides is 1. The van der Waals surface area contributed by atoms with E-state index in [0.717, 1.165) is 18.8 Å². The molecule has 0 bridgehead atoms. The number of aliphatic hydroxyl groups is 1. The largest absolute Gasteiger partial charge is 0.462 e. The van der Waals surface area contributed by atoms with E-state index in [1.807, 2.05) is 0 Å². The van der Waals surface area contributed by atoms with Crippen LogP contribution in [0.25, 0.3) is 0 Å². The molecule has 0 saturated heterocycles. The summed E-state index contributed by atoms with van der Waals surface area (Å²) in [6.45, 7) is 6.67. The Morgan fingerprint density at radius 2 is 1.31 bits per heavy atom. The average Bonchev–Trinajstić information content (AvgIpc) is 2.73. The monoisotopic (exact) mass is 456 g/mol. The lowest BCUT2D eigenvalue weighted by molar-refractivity contribution is -0.180. The smallest absolute Gasteiger partial charge is 0.353 e. The molecule has 0 heterocycles. The Kier molecular flexibility index (Phi) is 18.7. The van der Waals surface area contributed by atoms with E-state index in [1.165, 1.54) is 82.5 Å². The highest BCUT2D eigenvalue weighted by atomic mass is 16.6. The molecule has 0 spiro atoms. The number of ether oxygens (including phenoxy) is 1. The van der Waals surface area contributed by atoms with Crippen LogP contribution in [-0.4, -0.2) is 54.9 Å². The van der Waals surface area contributed by atoms with Crippen molar-refractivity contribution in [1.82, 2.24) is 10.2 Å². The fraction of sp³-hybridized carbons (Fsp3) is 0.923. The Labute approximate surface area is 197 Å². The van der Waals surface area contributed by atoms with Crippen LogP contribution in [0.4, 0.5) is 0 Å². The van der Waals surface area contributed by atoms with Gasteiger partial charge in [0, 0.05) is 13.0 Å². The van der Waals surface area contributed by atoms with Crippen molar-refractivity contribution >= 4 is 11.9 Å². The van der Waals surface area contributed by atoms with Gasteiger partial charge >= 0.3 is 5.97 Å². The van der Waals surface area contributed by atoms with Crippen LogP contribution >= 0.6 is 0 Å². The molecule has 6 heteroatoms. The molecule has 0 aromatic rings. The Balaban J connectivity index is 3.38. The standard InChI is InChI=1S/C26H52N2O4/c1-23(2)19-16-14-12-10-8-6-7-9-11-13-15-17-20-24(29)27-21-18-22-32-25(30)26(3,31)28(4)5/h23,31H,6-22H2,1-5H3,(H,27,29). The van der Waals surface area contributed by atoms with E-state index in [0.29, 0.717) is 19.4 Å². The van der Waals surface area contributed by atoms with Gasteiger partial charge < -0.3 is 15.2 Å². The molecule has 0 aromatic carbocycles. The quantitative estimate of drug-likeness (QED) is 0.137. The van der Waals surface area contributed by atoms with Crippen LogP contribution in [0.15, 0.2) is 0 Å². The lowest BCUT2D eigenvalue weighted by atomic mass is 10.0. The molecule has 1 amide bonds. The summed E-state index contributed by atoms with van der Waals surface area (Å²) in [5.41, 5.74) is -1.63. The van der Waals surface area contributed by atoms with Crippen LogP contribution in [0, 0.1) is 5.92 Å². The molecule has 190 valence electrons. The second-order valence-corrected chi connectivity index (χ2v) is 9.93. The molecule has 2 N–H and O–H groups in total. The van der Waals surface area contributed by atoms with Crippen molar-refractivity contribution in [2.24, 2.45) is 5.92 Å². The highest BCUT2D eigenvalue weighted by molar-refractivity contribution is 5.78. The first kappa shape index (κ1) is 30.9. The van der Waals surface area contributed by atoms with Gasteiger partial charge in [-0.3, -0.25) is 9.69 Å². The Morgan fingerprint density at radius 3 is 1.78 bits per heavy atom. The molecule has 0 radical (unpaired) electrons. The fourth-order valence-corrected chi connectivity index (χ4v) is 3.48. The second kappa shape index (κ2) is 19.3. The minimum absolute atomic E-state index is 0.0602. The number of rotatable bonds is 21. The molecule has 0 aliphatic heterocycles. The second-order valence-electron chi connectivity index (χ2n) is 9.93. The highest BCUT2D eigenvalue weighted by Crippen LogP contribution is 2.14. The van der Waals surface area contributed by atoms with Crippen LogP contribution in [0.5, 0.6) is 0 Å². The maximum atomic E-state index is 11.9. The van der Waals surface area contributed by atoms with Crippen molar-refractivity contribution in [3.05, 3.63) is 0 Å². The third kappa shape index (κ3) is 17.4. The van der Waals surface area contributed by atoms with E-state index in [4.69, 9.17) is 4.74 Å². The highest BCUT2D eigenvalue weighted by Gasteiger charge is 2.34. The van der Waals surface area contributed by atoms with E-state index < -0.39 is 11.7 Å². The van der Waals surface area contributed by atoms with Crippen molar-refractivity contribution in [2.45, 2.75) is 123 Å². The third-order valence-electron chi connectivity index (χ3n) is 6.07. The molecule has 6 nitrogen and oxygen atoms in total. The predicted octanol–water partition coefficient (Wildman–Crippen LogP) is 5.42. The summed E-state index contributed by atoms with van der Waals surface area (Å²) in [5.74, 6) is 0.233. The van der Waals surface area contributed by atoms with E-state index in [1.54, 1.807) is 14.1 Å². The van der Waals surface area contributed by atoms with E-state index >= 15 is 0 Å². The molecule has 32 heavy (non-hydrogen) atoms. The lowest BCUT2D eigenvalue weighted by Crippen LogP contribution is -2.49. The van der Waals surface area contributed by atoms with Crippen molar-refractivity contribution in [3.63, 3.8) is 0 Å². The number of carbonyl (C=O) groups is 2. The van der Waals surface area contributed by atoms with Crippen molar-refractivity contribution < 1.29 is 19.4 Å². The minimum atomic E-state index is -1.63. The van der Waals surface area contributed by atoms with Crippen LogP contribution in [0.2, 0.25) is 0 Å². The van der Waals surface area contributed by atoms with Crippen molar-refractivity contribution in [2.75, 3.05) is 27.2 Å². The number of nitrogens with one attached hydrogen (secondary N) is 1. The van der Waals surface area contributed by atoms with Crippen molar-refractivity contribution in [1.29, 1.82) is 0 Å². The van der Waals surface area contributed by atoms with Crippen molar-refractivity contribution in [3.8, 4) is 0 Å². The van der Waals surface area contributed by atoms with Crippen LogP contribution in [0.3, 0.4) is 0 Å². The van der Waals surface area contributed by atoms with Crippen LogP contribution in [-0.2, 0) is 14.3 Å². The third-order valence-corrected chi connectivity index (χ3v) is 6.07. The lowest BCUT2D eigenvalue weighted by Gasteiger charge is -2.27. The number of esters is 1. The van der Waals surface area contributed by atoms with Gasteiger partial charge in [0.25, 0.3) is 0 Å². The zero-order valence-corrected chi connectivity index (χ0v) is 21.7. The summed E-state index contributed by atoms with van der Waals surface area (Å²) in [5, 5.41) is 12.8. The number of carbonyl (C=O) groups excluding carboxylic acids is 2. The zero-order valence-electron chi connectivity index (χ0n) is 21.7. The number of unbranched alkanes of at least 4 members (excludes halogenated alkanes) is 11. The molecule has 0 rings (SSSR count). The summed E-state index contributed by atoms with van der Waals surface area (Å²) in [4.78, 5) is 25.0. The molecule has 0 aromatic heterocycles. The number of nitrogens with zero attached hydrogens (tertiary/aromatic N) is 1. The minimum Gasteiger partial charge on any atom is -0.462 e. The Bertz CT molecular complexity index is 478. The maximum Gasteiger partial charge on any atom is 0.353 e. The predicted molar refractivity (Wildman–Crippen MR) is 132 cm³/mol. The van der Waals surface area contributed by atoms with Crippen LogP contribution in [0.1, 0.15) is 117 Å². The Hall–Kier alpha value is -1.14. The summed E-state index contributed by atoms with van der Waals surface area (Å²) in [6.07, 6.45) is 18.0. The van der Waals surface area contributed by atoms with Gasteiger partial charge in [0.1, 0.15) is 0 Å². The van der Waals surface area contributed by atoms with E-state index in [2.05, 4.69) is 19.2 Å². The molecule has 0 aliphatic rings. The molecular formula is C26H52N2O4. The number of hydrogen-bond acceptors (Lipinski definition) is 5. The van der Waals surface area contributed by atoms with Gasteiger partial charge in [0.2, 0.25) is 11.6 Å². The topological polar surface area (TPSA) is 78.9 Å². The average molecular weight is 457 g/mol. The molecule has 0 saturated carbocycles. The van der Waals surface area contributed by atoms with E-state index in [-0.39, 0.29) is 12.5 Å². The van der Waals surface area contributed by atoms with Gasteiger partial charge in [-0.05, 0) is 39.8 Å². The molecular weight excluding hydrogens is 404 g/mol. The number of likely N-dealkylation sites (N-methyl/N-ethyl adjacent to an activating group) is 1. The van der Waals surface area contributed by atoms with Gasteiger partial charge in [0.15, 0.2) is 0 Å². The Morgan fingerprint density at radius 1 is 0.844 bits per heavy atom. The molecule has 1 unspecified atom stereocenters. The molecule has 0 fully saturated rings. The van der Waals surface area contributed by atoms with Gasteiger partial charge in [-0.2, -0.15) is 0 Å². The van der Waals surface area contributed by atoms with Gasteiger partial charge in [-0.25, -0.2) is 4.79 Å². The summed E-state index contributed by atoms with van der Waals surface area (Å²) in [7, 11) is 3.22. The van der Waals surface area contributed by atoms with Gasteiger partial charge in [-0.15, -0.1) is 0 Å². The molecule has 0 aliphatic carbocycles. The summed E-state index contributed by atoms with van der Waals surface area (Å²) >= 11 is 0. The van der Waals surface area contributed by atoms with Gasteiger partial charge in [0.05, 0.1) is 6.61 Å². The van der Waals surface area contributed by atoms with Crippen LogP contribution < -0.4 is 5.32 Å². The normalized spacial score (nSPS) is 13.4.